The van der Waals surface area contributed by atoms with E-state index >= 15 is 0 Å². The van der Waals surface area contributed by atoms with Gasteiger partial charge in [0.1, 0.15) is 11.6 Å². The molecule has 1 aliphatic heterocycles. The first-order valence-corrected chi connectivity index (χ1v) is 7.76. The third kappa shape index (κ3) is 3.26. The van der Waals surface area contributed by atoms with Crippen LogP contribution in [-0.4, -0.2) is 40.5 Å². The maximum Gasteiger partial charge on any atom is 0.404 e. The Hall–Kier alpha value is -3.29. The van der Waals surface area contributed by atoms with Crippen LogP contribution in [0.2, 0.25) is 0 Å². The van der Waals surface area contributed by atoms with Crippen molar-refractivity contribution in [2.45, 2.75) is 12.5 Å². The molecule has 3 amide bonds. The molecule has 26 heavy (non-hydrogen) atoms. The highest BCUT2D eigenvalue weighted by molar-refractivity contribution is 6.21. The summed E-state index contributed by atoms with van der Waals surface area (Å²) in [4.78, 5) is 36.7. The molecule has 134 valence electrons. The van der Waals surface area contributed by atoms with Gasteiger partial charge in [-0.15, -0.1) is 0 Å². The first kappa shape index (κ1) is 17.5. The normalized spacial score (nSPS) is 14.3. The van der Waals surface area contributed by atoms with E-state index in [2.05, 4.69) is 5.32 Å². The maximum absolute atomic E-state index is 13.9. The van der Waals surface area contributed by atoms with Crippen LogP contribution in [0.4, 0.5) is 13.6 Å². The quantitative estimate of drug-likeness (QED) is 0.802. The second kappa shape index (κ2) is 6.91. The van der Waals surface area contributed by atoms with Crippen molar-refractivity contribution in [1.82, 2.24) is 10.2 Å². The van der Waals surface area contributed by atoms with E-state index in [0.717, 1.165) is 17.0 Å². The molecular weight excluding hydrogens is 346 g/mol. The van der Waals surface area contributed by atoms with Crippen molar-refractivity contribution >= 4 is 17.9 Å². The molecule has 6 nitrogen and oxygen atoms in total. The highest BCUT2D eigenvalue weighted by atomic mass is 19.1. The van der Waals surface area contributed by atoms with Gasteiger partial charge in [-0.1, -0.05) is 18.2 Å². The van der Waals surface area contributed by atoms with Crippen LogP contribution in [0.3, 0.4) is 0 Å². The minimum Gasteiger partial charge on any atom is -0.465 e. The molecule has 0 unspecified atom stereocenters. The monoisotopic (exact) mass is 360 g/mol. The lowest BCUT2D eigenvalue weighted by atomic mass is 10.0. The topological polar surface area (TPSA) is 86.7 Å². The van der Waals surface area contributed by atoms with Gasteiger partial charge in [-0.25, -0.2) is 13.6 Å². The summed E-state index contributed by atoms with van der Waals surface area (Å²) in [6.07, 6.45) is -1.78. The van der Waals surface area contributed by atoms with E-state index in [4.69, 9.17) is 5.11 Å². The third-order valence-corrected chi connectivity index (χ3v) is 4.12. The minimum absolute atomic E-state index is 0.212. The molecule has 2 aromatic carbocycles. The lowest BCUT2D eigenvalue weighted by Gasteiger charge is -2.23. The molecule has 1 heterocycles. The smallest absolute Gasteiger partial charge is 0.404 e. The Balaban J connectivity index is 1.85. The van der Waals surface area contributed by atoms with E-state index in [1.54, 1.807) is 12.1 Å². The molecule has 2 N–H and O–H groups in total. The van der Waals surface area contributed by atoms with Gasteiger partial charge in [-0.3, -0.25) is 14.5 Å². The number of carbonyl (C=O) groups excluding carboxylic acids is 2. The summed E-state index contributed by atoms with van der Waals surface area (Å²) < 4.78 is 27.7. The Morgan fingerprint density at radius 2 is 1.54 bits per heavy atom. The van der Waals surface area contributed by atoms with Crippen LogP contribution in [0, 0.1) is 11.6 Å². The number of imide groups is 1. The van der Waals surface area contributed by atoms with Gasteiger partial charge in [0.05, 0.1) is 23.7 Å². The van der Waals surface area contributed by atoms with E-state index in [-0.39, 0.29) is 29.7 Å². The van der Waals surface area contributed by atoms with Gasteiger partial charge >= 0.3 is 6.09 Å². The summed E-state index contributed by atoms with van der Waals surface area (Å²) in [7, 11) is 0. The van der Waals surface area contributed by atoms with Gasteiger partial charge in [-0.2, -0.15) is 0 Å². The standard InChI is InChI=1S/C18H14F2N2O4/c19-14-6-3-7-15(20)13(14)8-10(21-18(25)26)9-22-16(23)11-4-1-2-5-12(11)17(22)24/h1-7,10,21H,8-9H2,(H,25,26)/t10-/m0/s1. The van der Waals surface area contributed by atoms with Gasteiger partial charge in [-0.05, 0) is 24.3 Å². The third-order valence-electron chi connectivity index (χ3n) is 4.12. The van der Waals surface area contributed by atoms with Gasteiger partial charge in [0.25, 0.3) is 11.8 Å². The molecule has 0 spiro atoms. The minimum atomic E-state index is -1.43. The number of rotatable bonds is 5. The van der Waals surface area contributed by atoms with Crippen LogP contribution >= 0.6 is 0 Å². The summed E-state index contributed by atoms with van der Waals surface area (Å²) in [6, 6.07) is 8.43. The zero-order valence-electron chi connectivity index (χ0n) is 13.4. The van der Waals surface area contributed by atoms with Gasteiger partial charge in [0, 0.05) is 12.0 Å². The highest BCUT2D eigenvalue weighted by Crippen LogP contribution is 2.23. The lowest BCUT2D eigenvalue weighted by Crippen LogP contribution is -2.46. The van der Waals surface area contributed by atoms with E-state index in [1.807, 2.05) is 0 Å². The van der Waals surface area contributed by atoms with Crippen molar-refractivity contribution in [2.24, 2.45) is 0 Å². The summed E-state index contributed by atoms with van der Waals surface area (Å²) >= 11 is 0. The van der Waals surface area contributed by atoms with Crippen molar-refractivity contribution in [2.75, 3.05) is 6.54 Å². The van der Waals surface area contributed by atoms with Crippen LogP contribution < -0.4 is 5.32 Å². The number of hydrogen-bond acceptors (Lipinski definition) is 3. The first-order valence-electron chi connectivity index (χ1n) is 7.76. The molecule has 8 heteroatoms. The molecule has 2 aromatic rings. The number of carbonyl (C=O) groups is 3. The number of carboxylic acid groups (broad SMARTS) is 1. The Morgan fingerprint density at radius 1 is 1.00 bits per heavy atom. The van der Waals surface area contributed by atoms with Crippen molar-refractivity contribution < 1.29 is 28.3 Å². The molecule has 0 saturated carbocycles. The second-order valence-electron chi connectivity index (χ2n) is 5.82. The fourth-order valence-corrected chi connectivity index (χ4v) is 2.93. The number of amides is 3. The Kier molecular flexibility index (Phi) is 4.66. The maximum atomic E-state index is 13.9. The number of benzene rings is 2. The van der Waals surface area contributed by atoms with E-state index in [9.17, 15) is 23.2 Å². The van der Waals surface area contributed by atoms with Crippen molar-refractivity contribution in [3.8, 4) is 0 Å². The summed E-state index contributed by atoms with van der Waals surface area (Å²) in [6.45, 7) is -0.341. The van der Waals surface area contributed by atoms with E-state index in [0.29, 0.717) is 0 Å². The molecule has 0 aromatic heterocycles. The van der Waals surface area contributed by atoms with Gasteiger partial charge < -0.3 is 10.4 Å². The Morgan fingerprint density at radius 3 is 2.04 bits per heavy atom. The fraction of sp³-hybridized carbons (Fsp3) is 0.167. The summed E-state index contributed by atoms with van der Waals surface area (Å²) in [5.41, 5.74) is 0.107. The zero-order chi connectivity index (χ0) is 18.8. The van der Waals surface area contributed by atoms with Gasteiger partial charge in [0.15, 0.2) is 0 Å². The molecule has 0 aliphatic carbocycles. The SMILES string of the molecule is O=C(O)N[C@@H](Cc1c(F)cccc1F)CN1C(=O)c2ccccc2C1=O. The largest absolute Gasteiger partial charge is 0.465 e. The zero-order valence-corrected chi connectivity index (χ0v) is 13.4. The summed E-state index contributed by atoms with van der Waals surface area (Å²) in [5, 5.41) is 11.1. The predicted molar refractivity (Wildman–Crippen MR) is 86.8 cm³/mol. The molecule has 0 saturated heterocycles. The fourth-order valence-electron chi connectivity index (χ4n) is 2.93. The van der Waals surface area contributed by atoms with Crippen LogP contribution in [0.5, 0.6) is 0 Å². The van der Waals surface area contributed by atoms with E-state index < -0.39 is 35.6 Å². The van der Waals surface area contributed by atoms with Crippen LogP contribution in [0.1, 0.15) is 26.3 Å². The Bertz CT molecular complexity index is 845. The van der Waals surface area contributed by atoms with Crippen molar-refractivity contribution in [3.63, 3.8) is 0 Å². The summed E-state index contributed by atoms with van der Waals surface area (Å²) in [5.74, 6) is -2.80. The molecule has 0 fully saturated rings. The average molecular weight is 360 g/mol. The van der Waals surface area contributed by atoms with E-state index in [1.165, 1.54) is 18.2 Å². The molecule has 0 bridgehead atoms. The second-order valence-corrected chi connectivity index (χ2v) is 5.82. The molecule has 0 radical (unpaired) electrons. The number of nitrogens with one attached hydrogen (secondary N) is 1. The average Bonchev–Trinajstić information content (AvgIpc) is 2.83. The van der Waals surface area contributed by atoms with Crippen LogP contribution in [-0.2, 0) is 6.42 Å². The van der Waals surface area contributed by atoms with Crippen LogP contribution in [0.15, 0.2) is 42.5 Å². The Labute approximate surface area is 147 Å². The van der Waals surface area contributed by atoms with Crippen LogP contribution in [0.25, 0.3) is 0 Å². The predicted octanol–water partition coefficient (Wildman–Crippen LogP) is 2.44. The molecular formula is C18H14F2N2O4. The number of hydrogen-bond donors (Lipinski definition) is 2. The van der Waals surface area contributed by atoms with Crippen molar-refractivity contribution in [3.05, 3.63) is 70.8 Å². The number of fused-ring (bicyclic) bond motifs is 1. The first-order chi connectivity index (χ1) is 12.4. The lowest BCUT2D eigenvalue weighted by molar-refractivity contribution is 0.0636. The number of halogens is 2. The van der Waals surface area contributed by atoms with Gasteiger partial charge in [0.2, 0.25) is 0 Å². The number of nitrogens with zero attached hydrogens (tertiary/aromatic N) is 1. The highest BCUT2D eigenvalue weighted by Gasteiger charge is 2.36. The molecule has 3 rings (SSSR count). The molecule has 1 atom stereocenters. The molecule has 1 aliphatic rings. The van der Waals surface area contributed by atoms with Crippen molar-refractivity contribution in [1.29, 1.82) is 0 Å².